The molecule has 0 saturated carbocycles. The van der Waals surface area contributed by atoms with Gasteiger partial charge >= 0.3 is 0 Å². The van der Waals surface area contributed by atoms with Crippen LogP contribution in [0.5, 0.6) is 0 Å². The smallest absolute Gasteiger partial charge is 0.220 e. The molecule has 0 fully saturated rings. The lowest BCUT2D eigenvalue weighted by atomic mass is 10.0. The van der Waals surface area contributed by atoms with Gasteiger partial charge in [-0.25, -0.2) is 0 Å². The van der Waals surface area contributed by atoms with Crippen LogP contribution in [0.25, 0.3) is 0 Å². The maximum absolute atomic E-state index is 12.4. The third kappa shape index (κ3) is 43.8. The largest absolute Gasteiger partial charge is 0.394 e. The van der Waals surface area contributed by atoms with Crippen LogP contribution in [0.1, 0.15) is 187 Å². The third-order valence-corrected chi connectivity index (χ3v) is 9.66. The van der Waals surface area contributed by atoms with E-state index in [0.29, 0.717) is 6.42 Å². The topological polar surface area (TPSA) is 69.6 Å². The van der Waals surface area contributed by atoms with Gasteiger partial charge in [-0.05, 0) is 96.3 Å². The summed E-state index contributed by atoms with van der Waals surface area (Å²) in [5.41, 5.74) is 0. The van der Waals surface area contributed by atoms with E-state index in [1.807, 2.05) is 6.08 Å². The zero-order valence-corrected chi connectivity index (χ0v) is 36.8. The summed E-state index contributed by atoms with van der Waals surface area (Å²) in [6.07, 6.45) is 73.2. The van der Waals surface area contributed by atoms with E-state index in [0.717, 1.165) is 83.5 Å². The molecule has 0 bridgehead atoms. The molecule has 0 aliphatic heterocycles. The highest BCUT2D eigenvalue weighted by molar-refractivity contribution is 5.76. The Bertz CT molecular complexity index is 1160. The number of hydrogen-bond acceptors (Lipinski definition) is 3. The molecule has 57 heavy (non-hydrogen) atoms. The molecule has 0 radical (unpaired) electrons. The van der Waals surface area contributed by atoms with Gasteiger partial charge in [0.1, 0.15) is 0 Å². The van der Waals surface area contributed by atoms with Crippen LogP contribution >= 0.6 is 0 Å². The van der Waals surface area contributed by atoms with Gasteiger partial charge in [-0.2, -0.15) is 0 Å². The first-order chi connectivity index (χ1) is 28.2. The SMILES string of the molecule is CC/C=C\C/C=C\C/C=C\C/C=C\C/C=C\C/C=C\C/C=C\CCCC(=O)NC(CO)C(O)/C=C/CC/C=C/CC/C=C/CCCCCCCCCCCCCC. The fourth-order valence-corrected chi connectivity index (χ4v) is 6.14. The highest BCUT2D eigenvalue weighted by Crippen LogP contribution is 2.13. The summed E-state index contributed by atoms with van der Waals surface area (Å²) >= 11 is 0. The molecule has 0 aromatic carbocycles. The van der Waals surface area contributed by atoms with Gasteiger partial charge in [0.05, 0.1) is 18.8 Å². The molecule has 0 aromatic heterocycles. The van der Waals surface area contributed by atoms with Crippen molar-refractivity contribution in [3.63, 3.8) is 0 Å². The van der Waals surface area contributed by atoms with E-state index >= 15 is 0 Å². The molecule has 4 nitrogen and oxygen atoms in total. The van der Waals surface area contributed by atoms with Gasteiger partial charge in [0.2, 0.25) is 5.91 Å². The Balaban J connectivity index is 3.80. The van der Waals surface area contributed by atoms with Crippen molar-refractivity contribution in [2.24, 2.45) is 0 Å². The molecule has 4 heteroatoms. The molecule has 0 heterocycles. The standard InChI is InChI=1S/C53H87NO3/c1-3-5-7-9-11-13-15-17-19-21-23-25-27-29-31-33-35-37-39-41-43-45-47-49-53(57)54-51(50-55)52(56)48-46-44-42-40-38-36-34-32-30-28-26-24-22-20-18-16-14-12-10-8-6-4-2/h5,7,11,13,17,19,23,25,29-32,35,37-38,40-41,43,46,48,51-52,55-56H,3-4,6,8-10,12,14-16,18,20-22,24,26-28,33-34,36,39,42,44-45,47,49-50H2,1-2H3,(H,54,57)/b7-5-,13-11-,19-17-,25-23-,31-29-,32-30+,37-35-,40-38+,43-41-,48-46+. The highest BCUT2D eigenvalue weighted by Gasteiger charge is 2.17. The van der Waals surface area contributed by atoms with Crippen LogP contribution in [0.4, 0.5) is 0 Å². The molecule has 0 rings (SSSR count). The fourth-order valence-electron chi connectivity index (χ4n) is 6.14. The molecule has 0 aliphatic carbocycles. The van der Waals surface area contributed by atoms with Gasteiger partial charge in [0, 0.05) is 6.42 Å². The predicted octanol–water partition coefficient (Wildman–Crippen LogP) is 15.0. The lowest BCUT2D eigenvalue weighted by molar-refractivity contribution is -0.122. The number of aliphatic hydroxyl groups excluding tert-OH is 2. The maximum atomic E-state index is 12.4. The minimum Gasteiger partial charge on any atom is -0.394 e. The molecular weight excluding hydrogens is 699 g/mol. The van der Waals surface area contributed by atoms with Gasteiger partial charge in [0.15, 0.2) is 0 Å². The number of carbonyl (C=O) groups is 1. The summed E-state index contributed by atoms with van der Waals surface area (Å²) in [6.45, 7) is 4.14. The molecule has 0 aliphatic rings. The Labute approximate surface area is 352 Å². The molecule has 2 unspecified atom stereocenters. The van der Waals surface area contributed by atoms with Crippen molar-refractivity contribution in [3.8, 4) is 0 Å². The Hall–Kier alpha value is -3.21. The van der Waals surface area contributed by atoms with E-state index in [1.165, 1.54) is 83.5 Å². The summed E-state index contributed by atoms with van der Waals surface area (Å²) in [7, 11) is 0. The minimum atomic E-state index is -0.903. The van der Waals surface area contributed by atoms with Crippen molar-refractivity contribution in [2.45, 2.75) is 199 Å². The molecule has 0 spiro atoms. The van der Waals surface area contributed by atoms with Crippen LogP contribution in [0, 0.1) is 0 Å². The van der Waals surface area contributed by atoms with Gasteiger partial charge in [-0.3, -0.25) is 4.79 Å². The number of amides is 1. The minimum absolute atomic E-state index is 0.141. The molecule has 2 atom stereocenters. The van der Waals surface area contributed by atoms with E-state index < -0.39 is 12.1 Å². The number of aliphatic hydroxyl groups is 2. The Morgan fingerprint density at radius 1 is 0.439 bits per heavy atom. The van der Waals surface area contributed by atoms with E-state index in [-0.39, 0.29) is 12.5 Å². The highest BCUT2D eigenvalue weighted by atomic mass is 16.3. The quantitative estimate of drug-likeness (QED) is 0.0428. The van der Waals surface area contributed by atoms with E-state index in [2.05, 4.69) is 129 Å². The Morgan fingerprint density at radius 2 is 0.789 bits per heavy atom. The summed E-state index contributed by atoms with van der Waals surface area (Å²) in [5, 5.41) is 23.0. The lowest BCUT2D eigenvalue weighted by Crippen LogP contribution is -2.45. The van der Waals surface area contributed by atoms with Gasteiger partial charge in [0.25, 0.3) is 0 Å². The normalized spacial score (nSPS) is 14.1. The van der Waals surface area contributed by atoms with Gasteiger partial charge in [-0.15, -0.1) is 0 Å². The molecule has 0 aromatic rings. The van der Waals surface area contributed by atoms with Crippen LogP contribution in [0.2, 0.25) is 0 Å². The van der Waals surface area contributed by atoms with Crippen molar-refractivity contribution in [2.75, 3.05) is 6.61 Å². The first kappa shape index (κ1) is 53.8. The number of nitrogens with one attached hydrogen (secondary N) is 1. The molecule has 1 amide bonds. The second-order valence-corrected chi connectivity index (χ2v) is 15.1. The number of unbranched alkanes of at least 4 members (excludes halogenated alkanes) is 15. The van der Waals surface area contributed by atoms with Crippen molar-refractivity contribution in [3.05, 3.63) is 122 Å². The summed E-state index contributed by atoms with van der Waals surface area (Å²) in [6, 6.07) is -0.686. The molecular formula is C53H87NO3. The number of allylic oxidation sites excluding steroid dienone is 19. The van der Waals surface area contributed by atoms with Crippen LogP contribution in [0.3, 0.4) is 0 Å². The van der Waals surface area contributed by atoms with E-state index in [4.69, 9.17) is 0 Å². The molecule has 3 N–H and O–H groups in total. The monoisotopic (exact) mass is 786 g/mol. The van der Waals surface area contributed by atoms with E-state index in [1.54, 1.807) is 6.08 Å². The van der Waals surface area contributed by atoms with Crippen molar-refractivity contribution < 1.29 is 15.0 Å². The van der Waals surface area contributed by atoms with Crippen molar-refractivity contribution in [1.82, 2.24) is 5.32 Å². The third-order valence-electron chi connectivity index (χ3n) is 9.66. The summed E-state index contributed by atoms with van der Waals surface area (Å²) in [5.74, 6) is -0.141. The Morgan fingerprint density at radius 3 is 1.23 bits per heavy atom. The fraction of sp³-hybridized carbons (Fsp3) is 0.604. The Kier molecular flexibility index (Phi) is 44.5. The molecule has 0 saturated heterocycles. The van der Waals surface area contributed by atoms with Gasteiger partial charge < -0.3 is 15.5 Å². The molecule has 322 valence electrons. The van der Waals surface area contributed by atoms with Crippen molar-refractivity contribution in [1.29, 1.82) is 0 Å². The van der Waals surface area contributed by atoms with Crippen LogP contribution < -0.4 is 5.32 Å². The zero-order valence-electron chi connectivity index (χ0n) is 36.8. The second kappa shape index (κ2) is 47.2. The summed E-state index contributed by atoms with van der Waals surface area (Å²) < 4.78 is 0. The van der Waals surface area contributed by atoms with Crippen LogP contribution in [0.15, 0.2) is 122 Å². The predicted molar refractivity (Wildman–Crippen MR) is 252 cm³/mol. The maximum Gasteiger partial charge on any atom is 0.220 e. The van der Waals surface area contributed by atoms with E-state index in [9.17, 15) is 15.0 Å². The summed E-state index contributed by atoms with van der Waals surface area (Å²) in [4.78, 5) is 12.4. The first-order valence-electron chi connectivity index (χ1n) is 23.2. The average Bonchev–Trinajstić information content (AvgIpc) is 3.22. The average molecular weight is 786 g/mol. The van der Waals surface area contributed by atoms with Crippen LogP contribution in [-0.2, 0) is 4.79 Å². The van der Waals surface area contributed by atoms with Gasteiger partial charge in [-0.1, -0.05) is 206 Å². The number of hydrogen-bond donors (Lipinski definition) is 3. The number of carbonyl (C=O) groups excluding carboxylic acids is 1. The van der Waals surface area contributed by atoms with Crippen LogP contribution in [-0.4, -0.2) is 34.9 Å². The zero-order chi connectivity index (χ0) is 41.4. The van der Waals surface area contributed by atoms with Crippen molar-refractivity contribution >= 4 is 5.91 Å². The lowest BCUT2D eigenvalue weighted by Gasteiger charge is -2.19. The first-order valence-corrected chi connectivity index (χ1v) is 23.2. The second-order valence-electron chi connectivity index (χ2n) is 15.1. The number of rotatable bonds is 40.